The molecule has 230 valence electrons. The van der Waals surface area contributed by atoms with E-state index in [-0.39, 0.29) is 23.3 Å². The van der Waals surface area contributed by atoms with E-state index in [1.54, 1.807) is 0 Å². The second kappa shape index (κ2) is 12.2. The average molecular weight is 620 g/mol. The fraction of sp³-hybridized carbons (Fsp3) is 0.448. The maximum Gasteiger partial charge on any atom is 0.416 e. The van der Waals surface area contributed by atoms with E-state index >= 15 is 4.39 Å². The largest absolute Gasteiger partial charge is 0.416 e. The van der Waals surface area contributed by atoms with Gasteiger partial charge in [-0.3, -0.25) is 4.90 Å². The lowest BCUT2D eigenvalue weighted by Crippen LogP contribution is -2.55. The van der Waals surface area contributed by atoms with Gasteiger partial charge in [-0.15, -0.1) is 0 Å². The third kappa shape index (κ3) is 6.50. The van der Waals surface area contributed by atoms with Crippen LogP contribution in [0.25, 0.3) is 5.57 Å². The number of likely N-dealkylation sites (N-methyl/N-ethyl adjacent to an activating group) is 1. The molecule has 5 rings (SSSR count). The number of aliphatic hydroxyl groups is 2. The van der Waals surface area contributed by atoms with Gasteiger partial charge in [0.05, 0.1) is 23.1 Å². The molecule has 0 aliphatic carbocycles. The van der Waals surface area contributed by atoms with Gasteiger partial charge in [0, 0.05) is 55.6 Å². The Morgan fingerprint density at radius 2 is 1.93 bits per heavy atom. The minimum atomic E-state index is -4.83. The van der Waals surface area contributed by atoms with Crippen molar-refractivity contribution in [3.8, 4) is 6.07 Å². The summed E-state index contributed by atoms with van der Waals surface area (Å²) in [6, 6.07) is 5.19. The number of nitriles is 1. The first-order chi connectivity index (χ1) is 20.3. The third-order valence-corrected chi connectivity index (χ3v) is 9.06. The van der Waals surface area contributed by atoms with E-state index in [1.165, 1.54) is 29.7 Å². The van der Waals surface area contributed by atoms with Crippen molar-refractivity contribution >= 4 is 33.4 Å². The van der Waals surface area contributed by atoms with E-state index in [2.05, 4.69) is 26.6 Å². The number of thiazole rings is 1. The quantitative estimate of drug-likeness (QED) is 0.282. The minimum absolute atomic E-state index is 0.113. The number of alkyl halides is 3. The minimum Gasteiger partial charge on any atom is -0.370 e. The summed E-state index contributed by atoms with van der Waals surface area (Å²) in [5.41, 5.74) is -0.0982. The van der Waals surface area contributed by atoms with Gasteiger partial charge in [-0.05, 0) is 51.1 Å². The fourth-order valence-electron chi connectivity index (χ4n) is 5.62. The number of aromatic nitrogens is 1. The highest BCUT2D eigenvalue weighted by atomic mass is 32.1. The summed E-state index contributed by atoms with van der Waals surface area (Å²) in [4.78, 5) is 10.9. The van der Waals surface area contributed by atoms with E-state index in [9.17, 15) is 28.6 Å². The predicted molar refractivity (Wildman–Crippen MR) is 158 cm³/mol. The van der Waals surface area contributed by atoms with Crippen molar-refractivity contribution in [3.63, 3.8) is 0 Å². The van der Waals surface area contributed by atoms with E-state index in [4.69, 9.17) is 0 Å². The monoisotopic (exact) mass is 619 g/mol. The maximum atomic E-state index is 15.9. The standard InChI is InChI=1S/C29H33F4N7O2S/c1-16-13-40(14-17(2)38(16)3)25-9-23(30)20(18-5-4-6-39(15-18)28-36-11-19(10-34)43-28)7-24(25)37-27(42)21-12-35-26(41)8-22(21)29(31,32)33/h5,7-9,11-12,16-17,26-27,35,37,41-42H,4,6,13-15H2,1-3H3. The van der Waals surface area contributed by atoms with Crippen LogP contribution in [0.1, 0.15) is 30.7 Å². The lowest BCUT2D eigenvalue weighted by atomic mass is 9.97. The first-order valence-corrected chi connectivity index (χ1v) is 14.7. The van der Waals surface area contributed by atoms with Gasteiger partial charge in [0.1, 0.15) is 23.0 Å². The third-order valence-electron chi connectivity index (χ3n) is 8.09. The molecule has 3 aliphatic heterocycles. The zero-order valence-electron chi connectivity index (χ0n) is 23.9. The van der Waals surface area contributed by atoms with Crippen LogP contribution < -0.4 is 20.4 Å². The molecule has 43 heavy (non-hydrogen) atoms. The number of nitrogens with one attached hydrogen (secondary N) is 2. The highest BCUT2D eigenvalue weighted by molar-refractivity contribution is 7.16. The summed E-state index contributed by atoms with van der Waals surface area (Å²) in [6.07, 6.45) is -2.69. The number of hydrogen-bond acceptors (Lipinski definition) is 10. The van der Waals surface area contributed by atoms with Gasteiger partial charge in [-0.1, -0.05) is 17.4 Å². The lowest BCUT2D eigenvalue weighted by Gasteiger charge is -2.44. The Morgan fingerprint density at radius 1 is 1.21 bits per heavy atom. The second-order valence-electron chi connectivity index (χ2n) is 11.0. The summed E-state index contributed by atoms with van der Waals surface area (Å²) in [6.45, 7) is 6.09. The Morgan fingerprint density at radius 3 is 2.58 bits per heavy atom. The van der Waals surface area contributed by atoms with Crippen LogP contribution in [0, 0.1) is 17.1 Å². The number of halogens is 4. The van der Waals surface area contributed by atoms with Crippen LogP contribution in [0.2, 0.25) is 0 Å². The van der Waals surface area contributed by atoms with E-state index in [1.807, 2.05) is 36.8 Å². The SMILES string of the molecule is CC1CN(c2cc(F)c(C3=CCCN(c4ncc(C#N)s4)C3)cc2NC(O)C2=CNC(O)C=C2C(F)(F)F)CC(C)N1C. The summed E-state index contributed by atoms with van der Waals surface area (Å²) in [7, 11) is 2.00. The second-order valence-corrected chi connectivity index (χ2v) is 12.0. The highest BCUT2D eigenvalue weighted by Gasteiger charge is 2.40. The molecule has 4 heterocycles. The molecular weight excluding hydrogens is 586 g/mol. The molecule has 4 N–H and O–H groups in total. The van der Waals surface area contributed by atoms with Crippen LogP contribution in [0.15, 0.2) is 47.8 Å². The molecule has 1 aromatic carbocycles. The van der Waals surface area contributed by atoms with Gasteiger partial charge < -0.3 is 30.6 Å². The average Bonchev–Trinajstić information content (AvgIpc) is 3.45. The van der Waals surface area contributed by atoms with Crippen LogP contribution >= 0.6 is 11.3 Å². The molecule has 0 radical (unpaired) electrons. The fourth-order valence-corrected chi connectivity index (χ4v) is 6.35. The van der Waals surface area contributed by atoms with Crippen LogP contribution in [0.3, 0.4) is 0 Å². The molecule has 0 spiro atoms. The summed E-state index contributed by atoms with van der Waals surface area (Å²) in [5.74, 6) is -0.503. The van der Waals surface area contributed by atoms with Gasteiger partial charge in [0.15, 0.2) is 11.4 Å². The Labute approximate surface area is 251 Å². The molecule has 0 amide bonds. The zero-order valence-corrected chi connectivity index (χ0v) is 24.7. The Kier molecular flexibility index (Phi) is 8.71. The summed E-state index contributed by atoms with van der Waals surface area (Å²) < 4.78 is 57.4. The van der Waals surface area contributed by atoms with E-state index in [0.29, 0.717) is 59.9 Å². The van der Waals surface area contributed by atoms with E-state index < -0.39 is 35.6 Å². The van der Waals surface area contributed by atoms with Gasteiger partial charge in [-0.25, -0.2) is 9.37 Å². The molecule has 0 saturated carbocycles. The number of nitrogens with zero attached hydrogens (tertiary/aromatic N) is 5. The Bertz CT molecular complexity index is 1490. The van der Waals surface area contributed by atoms with Crippen molar-refractivity contribution in [2.24, 2.45) is 0 Å². The Hall–Kier alpha value is -3.64. The summed E-state index contributed by atoms with van der Waals surface area (Å²) in [5, 5.41) is 35.8. The number of rotatable bonds is 6. The van der Waals surface area contributed by atoms with Gasteiger partial charge in [0.2, 0.25) is 0 Å². The van der Waals surface area contributed by atoms with Crippen molar-refractivity contribution in [2.75, 3.05) is 48.3 Å². The normalized spacial score (nSPS) is 24.0. The smallest absolute Gasteiger partial charge is 0.370 e. The number of hydrogen-bond donors (Lipinski definition) is 4. The Balaban J connectivity index is 1.51. The van der Waals surface area contributed by atoms with Crippen LogP contribution in [0.4, 0.5) is 34.1 Å². The number of piperazine rings is 1. The van der Waals surface area contributed by atoms with Crippen molar-refractivity contribution in [1.29, 1.82) is 5.26 Å². The number of dihydropyridines is 1. The number of anilines is 3. The number of aliphatic hydroxyl groups excluding tert-OH is 2. The van der Waals surface area contributed by atoms with Crippen molar-refractivity contribution in [2.45, 2.75) is 51.0 Å². The molecular formula is C29H33F4N7O2S. The summed E-state index contributed by atoms with van der Waals surface area (Å²) >= 11 is 1.24. The van der Waals surface area contributed by atoms with Crippen LogP contribution in [-0.4, -0.2) is 84.0 Å². The number of benzene rings is 1. The van der Waals surface area contributed by atoms with Crippen molar-refractivity contribution in [3.05, 3.63) is 64.1 Å². The first kappa shape index (κ1) is 30.8. The molecule has 14 heteroatoms. The highest BCUT2D eigenvalue weighted by Crippen LogP contribution is 2.39. The van der Waals surface area contributed by atoms with E-state index in [0.717, 1.165) is 6.20 Å². The molecule has 0 bridgehead atoms. The molecule has 1 aromatic heterocycles. The van der Waals surface area contributed by atoms with Gasteiger partial charge >= 0.3 is 6.18 Å². The molecule has 1 saturated heterocycles. The molecule has 4 unspecified atom stereocenters. The van der Waals surface area contributed by atoms with Gasteiger partial charge in [0.25, 0.3) is 0 Å². The molecule has 1 fully saturated rings. The van der Waals surface area contributed by atoms with Crippen molar-refractivity contribution in [1.82, 2.24) is 15.2 Å². The topological polar surface area (TPSA) is 111 Å². The lowest BCUT2D eigenvalue weighted by molar-refractivity contribution is -0.0922. The molecule has 9 nitrogen and oxygen atoms in total. The van der Waals surface area contributed by atoms with Crippen molar-refractivity contribution < 1.29 is 27.8 Å². The first-order valence-electron chi connectivity index (χ1n) is 13.8. The maximum absolute atomic E-state index is 15.9. The molecule has 2 aromatic rings. The molecule has 3 aliphatic rings. The van der Waals surface area contributed by atoms with Gasteiger partial charge in [-0.2, -0.15) is 18.4 Å². The molecule has 4 atom stereocenters. The predicted octanol–water partition coefficient (Wildman–Crippen LogP) is 4.00. The van der Waals surface area contributed by atoms with Crippen LogP contribution in [0.5, 0.6) is 0 Å². The van der Waals surface area contributed by atoms with Crippen LogP contribution in [-0.2, 0) is 0 Å². The zero-order chi connectivity index (χ0) is 31.1.